The molecule has 0 saturated carbocycles. The van der Waals surface area contributed by atoms with E-state index in [1.807, 2.05) is 0 Å². The van der Waals surface area contributed by atoms with E-state index in [-0.39, 0.29) is 13.0 Å². The highest BCUT2D eigenvalue weighted by Gasteiger charge is 1.96. The minimum Gasteiger partial charge on any atom is -0.481 e. The van der Waals surface area contributed by atoms with Crippen molar-refractivity contribution in [3.05, 3.63) is 10.4 Å². The van der Waals surface area contributed by atoms with Crippen molar-refractivity contribution in [3.8, 4) is 0 Å². The molecule has 0 rings (SSSR count). The van der Waals surface area contributed by atoms with Gasteiger partial charge in [0.2, 0.25) is 0 Å². The van der Waals surface area contributed by atoms with Crippen molar-refractivity contribution < 1.29 is 38.3 Å². The summed E-state index contributed by atoms with van der Waals surface area (Å²) in [5.41, 5.74) is 8.08. The molecule has 0 fully saturated rings. The number of nitrogens with one attached hydrogen (secondary N) is 1. The Morgan fingerprint density at radius 2 is 1.14 bits per heavy atom. The van der Waals surface area contributed by atoms with E-state index in [1.54, 1.807) is 0 Å². The molecule has 170 valence electrons. The molecule has 29 heavy (non-hydrogen) atoms. The average molecular weight is 422 g/mol. The van der Waals surface area contributed by atoms with E-state index in [4.69, 9.17) is 39.1 Å². The lowest BCUT2D eigenvalue weighted by molar-refractivity contribution is -0.138. The molecule has 0 spiro atoms. The van der Waals surface area contributed by atoms with Crippen LogP contribution in [0.4, 0.5) is 0 Å². The molecule has 0 aliphatic rings. The number of carboxylic acids is 1. The van der Waals surface area contributed by atoms with E-state index < -0.39 is 5.97 Å². The summed E-state index contributed by atoms with van der Waals surface area (Å²) in [7, 11) is 0. The molecule has 0 heterocycles. The Hall–Kier alpha value is -1.50. The third-order valence-corrected chi connectivity index (χ3v) is 3.19. The van der Waals surface area contributed by atoms with Gasteiger partial charge in [0.1, 0.15) is 0 Å². The van der Waals surface area contributed by atoms with Gasteiger partial charge >= 0.3 is 5.97 Å². The normalized spacial score (nSPS) is 10.8. The second-order valence-corrected chi connectivity index (χ2v) is 5.52. The Kier molecular flexibility index (Phi) is 23.3. The van der Waals surface area contributed by atoms with Gasteiger partial charge in [0, 0.05) is 24.5 Å². The van der Waals surface area contributed by atoms with Gasteiger partial charge in [-0.25, -0.2) is 0 Å². The zero-order valence-electron chi connectivity index (χ0n) is 17.0. The Balaban J connectivity index is 3.01. The molecule has 12 nitrogen and oxygen atoms in total. The van der Waals surface area contributed by atoms with E-state index in [1.165, 1.54) is 0 Å². The molecule has 12 heteroatoms. The lowest BCUT2D eigenvalue weighted by atomic mass is 10.5. The smallest absolute Gasteiger partial charge is 0.305 e. The van der Waals surface area contributed by atoms with Gasteiger partial charge in [-0.15, -0.1) is 0 Å². The Morgan fingerprint density at radius 3 is 1.59 bits per heavy atom. The van der Waals surface area contributed by atoms with E-state index in [0.717, 1.165) is 13.1 Å². The van der Waals surface area contributed by atoms with Crippen LogP contribution in [-0.4, -0.2) is 110 Å². The molecular weight excluding hydrogens is 388 g/mol. The standard InChI is InChI=1S/C17H34N4O8/c18-21-20-4-8-27-12-16-29-15-11-26-7-3-19-2-6-25-10-14-28-13-9-24-5-1-17(22)23/h19H,1-16H2,(H,22,23). The molecule has 0 aromatic heterocycles. The fourth-order valence-electron chi connectivity index (χ4n) is 1.81. The molecule has 2 N–H and O–H groups in total. The predicted octanol–water partition coefficient (Wildman–Crippen LogP) is 0.461. The van der Waals surface area contributed by atoms with Gasteiger partial charge < -0.3 is 38.8 Å². The number of nitrogens with zero attached hydrogens (tertiary/aromatic N) is 3. The topological polar surface area (TPSA) is 153 Å². The van der Waals surface area contributed by atoms with Crippen molar-refractivity contribution in [3.63, 3.8) is 0 Å². The highest BCUT2D eigenvalue weighted by Crippen LogP contribution is 1.85. The van der Waals surface area contributed by atoms with Crippen molar-refractivity contribution in [2.75, 3.05) is 98.9 Å². The molecule has 0 atom stereocenters. The van der Waals surface area contributed by atoms with Crippen LogP contribution in [-0.2, 0) is 33.2 Å². The van der Waals surface area contributed by atoms with E-state index in [0.29, 0.717) is 79.2 Å². The van der Waals surface area contributed by atoms with Gasteiger partial charge in [0.05, 0.1) is 85.7 Å². The second-order valence-electron chi connectivity index (χ2n) is 5.52. The molecule has 0 aliphatic heterocycles. The quantitative estimate of drug-likeness (QED) is 0.0977. The van der Waals surface area contributed by atoms with Crippen LogP contribution < -0.4 is 5.32 Å². The van der Waals surface area contributed by atoms with Crippen LogP contribution in [0.2, 0.25) is 0 Å². The van der Waals surface area contributed by atoms with Crippen LogP contribution in [0.15, 0.2) is 5.11 Å². The van der Waals surface area contributed by atoms with Gasteiger partial charge in [0.25, 0.3) is 0 Å². The van der Waals surface area contributed by atoms with Crippen molar-refractivity contribution >= 4 is 5.97 Å². The Bertz CT molecular complexity index is 389. The van der Waals surface area contributed by atoms with Crippen molar-refractivity contribution in [1.82, 2.24) is 5.32 Å². The summed E-state index contributed by atoms with van der Waals surface area (Å²) >= 11 is 0. The van der Waals surface area contributed by atoms with Crippen molar-refractivity contribution in [2.24, 2.45) is 5.11 Å². The number of azide groups is 1. The summed E-state index contributed by atoms with van der Waals surface area (Å²) in [6.45, 7) is 7.33. The minimum absolute atomic E-state index is 0.00655. The molecule has 0 bridgehead atoms. The number of carboxylic acid groups (broad SMARTS) is 1. The highest BCUT2D eigenvalue weighted by atomic mass is 16.5. The molecule has 0 unspecified atom stereocenters. The number of aliphatic carboxylic acids is 1. The second kappa shape index (κ2) is 24.5. The number of carbonyl (C=O) groups is 1. The van der Waals surface area contributed by atoms with Crippen molar-refractivity contribution in [2.45, 2.75) is 6.42 Å². The highest BCUT2D eigenvalue weighted by molar-refractivity contribution is 5.66. The number of ether oxygens (including phenoxy) is 6. The SMILES string of the molecule is [N-]=[N+]=NCCOCCOCCOCCNCCOCCOCCOCCC(=O)O. The Morgan fingerprint density at radius 1 is 0.724 bits per heavy atom. The Labute approximate surface area is 171 Å². The molecular formula is C17H34N4O8. The lowest BCUT2D eigenvalue weighted by Crippen LogP contribution is -2.25. The summed E-state index contributed by atoms with van der Waals surface area (Å²) in [6, 6.07) is 0. The molecule has 0 radical (unpaired) electrons. The summed E-state index contributed by atoms with van der Waals surface area (Å²) in [5.74, 6) is -0.869. The van der Waals surface area contributed by atoms with Crippen LogP contribution in [0.1, 0.15) is 6.42 Å². The van der Waals surface area contributed by atoms with Gasteiger partial charge in [-0.2, -0.15) is 0 Å². The number of hydrogen-bond acceptors (Lipinski definition) is 9. The predicted molar refractivity (Wildman–Crippen MR) is 104 cm³/mol. The monoisotopic (exact) mass is 422 g/mol. The van der Waals surface area contributed by atoms with Crippen LogP contribution in [0, 0.1) is 0 Å². The molecule has 0 saturated heterocycles. The fraction of sp³-hybridized carbons (Fsp3) is 0.941. The van der Waals surface area contributed by atoms with E-state index in [9.17, 15) is 4.79 Å². The molecule has 0 aromatic carbocycles. The van der Waals surface area contributed by atoms with Crippen LogP contribution in [0.25, 0.3) is 10.4 Å². The third-order valence-electron chi connectivity index (χ3n) is 3.19. The van der Waals surface area contributed by atoms with Gasteiger partial charge in [-0.3, -0.25) is 4.79 Å². The minimum atomic E-state index is -0.869. The molecule has 0 aliphatic carbocycles. The van der Waals surface area contributed by atoms with E-state index >= 15 is 0 Å². The first-order chi connectivity index (χ1) is 14.3. The third kappa shape index (κ3) is 26.5. The molecule has 0 amide bonds. The first-order valence-corrected chi connectivity index (χ1v) is 9.67. The average Bonchev–Trinajstić information content (AvgIpc) is 2.71. The summed E-state index contributed by atoms with van der Waals surface area (Å²) in [5, 5.41) is 15.0. The maximum absolute atomic E-state index is 10.3. The van der Waals surface area contributed by atoms with Crippen LogP contribution >= 0.6 is 0 Å². The summed E-state index contributed by atoms with van der Waals surface area (Å²) in [4.78, 5) is 12.9. The van der Waals surface area contributed by atoms with Crippen LogP contribution in [0.5, 0.6) is 0 Å². The summed E-state index contributed by atoms with van der Waals surface area (Å²) in [6.07, 6.45) is 0.00655. The first kappa shape index (κ1) is 27.5. The lowest BCUT2D eigenvalue weighted by Gasteiger charge is -2.08. The van der Waals surface area contributed by atoms with E-state index in [2.05, 4.69) is 15.3 Å². The maximum Gasteiger partial charge on any atom is 0.305 e. The van der Waals surface area contributed by atoms with Crippen molar-refractivity contribution in [1.29, 1.82) is 0 Å². The largest absolute Gasteiger partial charge is 0.481 e. The maximum atomic E-state index is 10.3. The fourth-order valence-corrected chi connectivity index (χ4v) is 1.81. The summed E-state index contributed by atoms with van der Waals surface area (Å²) < 4.78 is 31.7. The number of rotatable bonds is 24. The van der Waals surface area contributed by atoms with Gasteiger partial charge in [-0.1, -0.05) is 5.11 Å². The van der Waals surface area contributed by atoms with Gasteiger partial charge in [-0.05, 0) is 5.53 Å². The van der Waals surface area contributed by atoms with Gasteiger partial charge in [0.15, 0.2) is 0 Å². The molecule has 0 aromatic rings. The zero-order valence-corrected chi connectivity index (χ0v) is 17.0. The zero-order chi connectivity index (χ0) is 21.3. The number of hydrogen-bond donors (Lipinski definition) is 2. The van der Waals surface area contributed by atoms with Crippen LogP contribution in [0.3, 0.4) is 0 Å². The first-order valence-electron chi connectivity index (χ1n) is 9.67.